The lowest BCUT2D eigenvalue weighted by Crippen LogP contribution is -2.29. The molecule has 0 heterocycles. The predicted octanol–water partition coefficient (Wildman–Crippen LogP) is 1.52. The molecule has 0 spiro atoms. The molecule has 9 nitrogen and oxygen atoms in total. The number of ether oxygens (including phenoxy) is 3. The number of nitrogens with zero attached hydrogens (tertiary/aromatic N) is 1. The first-order valence-corrected chi connectivity index (χ1v) is 9.05. The highest BCUT2D eigenvalue weighted by Gasteiger charge is 2.07. The Morgan fingerprint density at radius 1 is 1.03 bits per heavy atom. The molecule has 2 aromatic carbocycles. The fourth-order valence-corrected chi connectivity index (χ4v) is 2.25. The molecule has 0 aromatic heterocycles. The molecule has 0 bridgehead atoms. The number of nitrogens with one attached hydrogen (secondary N) is 2. The van der Waals surface area contributed by atoms with E-state index in [0.29, 0.717) is 22.6 Å². The van der Waals surface area contributed by atoms with Crippen LogP contribution in [0, 0.1) is 0 Å². The quantitative estimate of drug-likeness (QED) is 0.347. The van der Waals surface area contributed by atoms with Gasteiger partial charge >= 0.3 is 5.97 Å². The number of hydrazone groups is 1. The Morgan fingerprint density at radius 2 is 1.80 bits per heavy atom. The molecule has 0 atom stereocenters. The Labute approximate surface area is 174 Å². The number of methoxy groups -OCH3 is 2. The number of benzene rings is 2. The monoisotopic (exact) mass is 413 g/mol. The van der Waals surface area contributed by atoms with E-state index in [9.17, 15) is 14.4 Å². The van der Waals surface area contributed by atoms with E-state index in [0.717, 1.165) is 0 Å². The van der Waals surface area contributed by atoms with Crippen molar-refractivity contribution in [2.75, 3.05) is 27.4 Å². The van der Waals surface area contributed by atoms with Crippen LogP contribution in [0.2, 0.25) is 0 Å². The van der Waals surface area contributed by atoms with Gasteiger partial charge in [0.15, 0.2) is 6.61 Å². The molecule has 30 heavy (non-hydrogen) atoms. The van der Waals surface area contributed by atoms with Gasteiger partial charge in [0.05, 0.1) is 20.4 Å². The summed E-state index contributed by atoms with van der Waals surface area (Å²) >= 11 is 0. The number of hydrogen-bond donors (Lipinski definition) is 2. The van der Waals surface area contributed by atoms with Crippen LogP contribution in [0.3, 0.4) is 0 Å². The average Bonchev–Trinajstić information content (AvgIpc) is 2.77. The molecule has 2 N–H and O–H groups in total. The van der Waals surface area contributed by atoms with Gasteiger partial charge in [0, 0.05) is 18.5 Å². The van der Waals surface area contributed by atoms with Crippen molar-refractivity contribution in [1.82, 2.24) is 10.7 Å². The molecule has 2 aromatic rings. The van der Waals surface area contributed by atoms with E-state index < -0.39 is 5.97 Å². The Bertz CT molecular complexity index is 896. The summed E-state index contributed by atoms with van der Waals surface area (Å²) in [6.45, 7) is -0.0286. The lowest BCUT2D eigenvalue weighted by Gasteiger charge is -2.06. The van der Waals surface area contributed by atoms with Gasteiger partial charge in [0.25, 0.3) is 5.91 Å². The first kappa shape index (κ1) is 22.4. The first-order valence-electron chi connectivity index (χ1n) is 9.05. The highest BCUT2D eigenvalue weighted by atomic mass is 16.6. The number of rotatable bonds is 10. The van der Waals surface area contributed by atoms with Crippen LogP contribution >= 0.6 is 0 Å². The van der Waals surface area contributed by atoms with Crippen molar-refractivity contribution in [3.05, 3.63) is 59.7 Å². The second kappa shape index (κ2) is 11.8. The van der Waals surface area contributed by atoms with Crippen molar-refractivity contribution in [2.24, 2.45) is 5.10 Å². The zero-order chi connectivity index (χ0) is 21.8. The average molecular weight is 413 g/mol. The zero-order valence-electron chi connectivity index (χ0n) is 16.7. The molecular formula is C21H23N3O6. The van der Waals surface area contributed by atoms with E-state index in [1.54, 1.807) is 55.6 Å². The standard InChI is InChI=1S/C21H23N3O6/c1-28-17-8-6-16(7-9-17)21(27)22-11-10-19(25)24-23-13-15-4-3-5-18(12-15)30-14-20(26)29-2/h3-9,12-13H,10-11,14H2,1-2H3,(H,22,27)(H,24,25). The largest absolute Gasteiger partial charge is 0.497 e. The smallest absolute Gasteiger partial charge is 0.343 e. The van der Waals surface area contributed by atoms with E-state index in [2.05, 4.69) is 20.6 Å². The molecule has 0 fully saturated rings. The van der Waals surface area contributed by atoms with Crippen molar-refractivity contribution in [3.63, 3.8) is 0 Å². The van der Waals surface area contributed by atoms with E-state index in [1.165, 1.54) is 13.3 Å². The summed E-state index contributed by atoms with van der Waals surface area (Å²) in [5.41, 5.74) is 3.53. The summed E-state index contributed by atoms with van der Waals surface area (Å²) < 4.78 is 14.8. The Balaban J connectivity index is 1.73. The van der Waals surface area contributed by atoms with Crippen LogP contribution in [-0.2, 0) is 14.3 Å². The topological polar surface area (TPSA) is 115 Å². The summed E-state index contributed by atoms with van der Waals surface area (Å²) in [7, 11) is 2.83. The molecule has 0 unspecified atom stereocenters. The van der Waals surface area contributed by atoms with Crippen LogP contribution in [0.15, 0.2) is 53.6 Å². The van der Waals surface area contributed by atoms with Crippen molar-refractivity contribution in [2.45, 2.75) is 6.42 Å². The highest BCUT2D eigenvalue weighted by molar-refractivity contribution is 5.94. The van der Waals surface area contributed by atoms with Gasteiger partial charge in [-0.05, 0) is 42.0 Å². The third-order valence-electron chi connectivity index (χ3n) is 3.84. The van der Waals surface area contributed by atoms with E-state index in [-0.39, 0.29) is 31.4 Å². The Kier molecular flexibility index (Phi) is 8.85. The van der Waals surface area contributed by atoms with Crippen molar-refractivity contribution in [1.29, 1.82) is 0 Å². The van der Waals surface area contributed by atoms with Gasteiger partial charge in [-0.15, -0.1) is 0 Å². The number of amides is 2. The van der Waals surface area contributed by atoms with E-state index >= 15 is 0 Å². The maximum Gasteiger partial charge on any atom is 0.343 e. The van der Waals surface area contributed by atoms with Crippen LogP contribution in [0.1, 0.15) is 22.3 Å². The number of carbonyl (C=O) groups excluding carboxylic acids is 3. The number of esters is 1. The molecular weight excluding hydrogens is 390 g/mol. The number of hydrogen-bond acceptors (Lipinski definition) is 7. The molecule has 0 saturated carbocycles. The summed E-state index contributed by atoms with van der Waals surface area (Å²) in [4.78, 5) is 35.0. The molecule has 0 aliphatic carbocycles. The summed E-state index contributed by atoms with van der Waals surface area (Å²) in [5.74, 6) is 0.0128. The molecule has 0 saturated heterocycles. The Morgan fingerprint density at radius 3 is 2.50 bits per heavy atom. The molecule has 0 radical (unpaired) electrons. The van der Waals surface area contributed by atoms with Gasteiger partial charge in [-0.2, -0.15) is 5.10 Å². The highest BCUT2D eigenvalue weighted by Crippen LogP contribution is 2.12. The third-order valence-corrected chi connectivity index (χ3v) is 3.84. The van der Waals surface area contributed by atoms with Crippen LogP contribution in [0.5, 0.6) is 11.5 Å². The second-order valence-electron chi connectivity index (χ2n) is 5.96. The van der Waals surface area contributed by atoms with Crippen LogP contribution in [-0.4, -0.2) is 51.4 Å². The van der Waals surface area contributed by atoms with Gasteiger partial charge in [0.2, 0.25) is 5.91 Å². The second-order valence-corrected chi connectivity index (χ2v) is 5.96. The minimum atomic E-state index is -0.486. The van der Waals surface area contributed by atoms with E-state index in [4.69, 9.17) is 9.47 Å². The fourth-order valence-electron chi connectivity index (χ4n) is 2.25. The normalized spacial score (nSPS) is 10.3. The summed E-state index contributed by atoms with van der Waals surface area (Å²) in [6, 6.07) is 13.5. The minimum Gasteiger partial charge on any atom is -0.497 e. The van der Waals surface area contributed by atoms with Crippen molar-refractivity contribution >= 4 is 24.0 Å². The van der Waals surface area contributed by atoms with Gasteiger partial charge in [-0.25, -0.2) is 10.2 Å². The SMILES string of the molecule is COC(=O)COc1cccc(C=NNC(=O)CCNC(=O)c2ccc(OC)cc2)c1. The predicted molar refractivity (Wildman–Crippen MR) is 110 cm³/mol. The molecule has 0 aliphatic heterocycles. The van der Waals surface area contributed by atoms with Crippen molar-refractivity contribution in [3.8, 4) is 11.5 Å². The minimum absolute atomic E-state index is 0.0709. The van der Waals surface area contributed by atoms with Gasteiger partial charge in [0.1, 0.15) is 11.5 Å². The maximum atomic E-state index is 12.0. The molecule has 9 heteroatoms. The lowest BCUT2D eigenvalue weighted by atomic mass is 10.2. The van der Waals surface area contributed by atoms with Gasteiger partial charge in [-0.3, -0.25) is 9.59 Å². The van der Waals surface area contributed by atoms with Gasteiger partial charge in [-0.1, -0.05) is 12.1 Å². The molecule has 2 amide bonds. The van der Waals surface area contributed by atoms with Crippen LogP contribution in [0.4, 0.5) is 0 Å². The van der Waals surface area contributed by atoms with Crippen LogP contribution in [0.25, 0.3) is 0 Å². The molecule has 0 aliphatic rings. The summed E-state index contributed by atoms with van der Waals surface area (Å²) in [6.07, 6.45) is 1.51. The van der Waals surface area contributed by atoms with Gasteiger partial charge < -0.3 is 19.5 Å². The third kappa shape index (κ3) is 7.63. The number of carbonyl (C=O) groups is 3. The zero-order valence-corrected chi connectivity index (χ0v) is 16.7. The molecule has 158 valence electrons. The first-order chi connectivity index (χ1) is 14.5. The van der Waals surface area contributed by atoms with E-state index in [1.807, 2.05) is 0 Å². The lowest BCUT2D eigenvalue weighted by molar-refractivity contribution is -0.142. The van der Waals surface area contributed by atoms with Crippen molar-refractivity contribution < 1.29 is 28.6 Å². The Hall–Kier alpha value is -3.88. The maximum absolute atomic E-state index is 12.0. The molecule has 2 rings (SSSR count). The fraction of sp³-hybridized carbons (Fsp3) is 0.238. The summed E-state index contributed by atoms with van der Waals surface area (Å²) in [5, 5.41) is 6.53. The van der Waals surface area contributed by atoms with Crippen LogP contribution < -0.4 is 20.2 Å².